The fourth-order valence-corrected chi connectivity index (χ4v) is 5.80. The minimum Gasteiger partial charge on any atom is -0.550 e. The predicted octanol–water partition coefficient (Wildman–Crippen LogP) is 4.27. The normalized spacial score (nSPS) is 10.6. The van der Waals surface area contributed by atoms with Crippen LogP contribution in [-0.4, -0.2) is 98.4 Å². The van der Waals surface area contributed by atoms with Crippen molar-refractivity contribution in [2.24, 2.45) is 0 Å². The Balaban J connectivity index is -0.000000246. The van der Waals surface area contributed by atoms with Gasteiger partial charge in [0.2, 0.25) is 0 Å². The van der Waals surface area contributed by atoms with Gasteiger partial charge in [-0.1, -0.05) is 55.4 Å². The average molecular weight is 635 g/mol. The molecule has 0 aliphatic carbocycles. The van der Waals surface area contributed by atoms with Crippen molar-refractivity contribution >= 4 is 23.9 Å². The summed E-state index contributed by atoms with van der Waals surface area (Å²) >= 11 is 0. The molecule has 0 atom stereocenters. The number of hydrogen-bond donors (Lipinski definition) is 0. The summed E-state index contributed by atoms with van der Waals surface area (Å²) in [7, 11) is 0. The van der Waals surface area contributed by atoms with E-state index >= 15 is 0 Å². The quantitative estimate of drug-likeness (QED) is 0.0980. The van der Waals surface area contributed by atoms with Crippen molar-refractivity contribution in [2.75, 3.05) is 65.6 Å². The van der Waals surface area contributed by atoms with Crippen LogP contribution in [0.3, 0.4) is 0 Å². The van der Waals surface area contributed by atoms with Crippen molar-refractivity contribution in [3.63, 3.8) is 0 Å². The average Bonchev–Trinajstić information content (AvgIpc) is 2.90. The highest BCUT2D eigenvalue weighted by Gasteiger charge is 2.23. The number of carbonyl (C=O) groups is 4. The van der Waals surface area contributed by atoms with Gasteiger partial charge in [-0.3, -0.25) is 9.59 Å². The predicted molar refractivity (Wildman–Crippen MR) is 174 cm³/mol. The summed E-state index contributed by atoms with van der Waals surface area (Å²) in [6.45, 7) is 33.2. The van der Waals surface area contributed by atoms with Crippen LogP contribution in [-0.2, 0) is 28.7 Å². The fourth-order valence-electron chi connectivity index (χ4n) is 5.80. The van der Waals surface area contributed by atoms with Gasteiger partial charge in [-0.05, 0) is 65.2 Å². The largest absolute Gasteiger partial charge is 0.550 e. The van der Waals surface area contributed by atoms with Crippen LogP contribution < -0.4 is 10.2 Å². The van der Waals surface area contributed by atoms with Crippen LogP contribution in [0.1, 0.15) is 133 Å². The van der Waals surface area contributed by atoms with Gasteiger partial charge in [-0.25, -0.2) is 0 Å². The van der Waals surface area contributed by atoms with Crippen LogP contribution in [0.15, 0.2) is 0 Å². The van der Waals surface area contributed by atoms with Gasteiger partial charge >= 0.3 is 11.9 Å². The fraction of sp³-hybridized carbons (Fsp3) is 0.882. The Kier molecular flexibility index (Phi) is 37.3. The van der Waals surface area contributed by atoms with E-state index in [2.05, 4.69) is 64.9 Å². The van der Waals surface area contributed by atoms with Gasteiger partial charge in [-0.15, -0.1) is 0 Å². The Hall–Kier alpha value is -2.20. The van der Waals surface area contributed by atoms with Gasteiger partial charge in [0.1, 0.15) is 0 Å². The molecule has 0 aromatic carbocycles. The summed E-state index contributed by atoms with van der Waals surface area (Å²) in [5, 5.41) is 19.3. The van der Waals surface area contributed by atoms with Crippen molar-refractivity contribution in [1.29, 1.82) is 0 Å². The van der Waals surface area contributed by atoms with Crippen LogP contribution in [0.4, 0.5) is 0 Å². The lowest BCUT2D eigenvalue weighted by atomic mass is 10.2. The molecule has 264 valence electrons. The lowest BCUT2D eigenvalue weighted by Crippen LogP contribution is -2.50. The van der Waals surface area contributed by atoms with Crippen LogP contribution in [0.5, 0.6) is 0 Å². The third-order valence-corrected chi connectivity index (χ3v) is 6.77. The maximum Gasteiger partial charge on any atom is 0.311 e. The summed E-state index contributed by atoms with van der Waals surface area (Å²) in [6, 6.07) is 0. The van der Waals surface area contributed by atoms with E-state index in [1.807, 2.05) is 0 Å². The van der Waals surface area contributed by atoms with Crippen LogP contribution >= 0.6 is 0 Å². The molecule has 10 nitrogen and oxygen atoms in total. The van der Waals surface area contributed by atoms with Gasteiger partial charge < -0.3 is 38.2 Å². The summed E-state index contributed by atoms with van der Waals surface area (Å²) in [4.78, 5) is 39.8. The number of carboxylic acid groups (broad SMARTS) is 2. The number of ether oxygens (including phenoxy) is 2. The van der Waals surface area contributed by atoms with Gasteiger partial charge in [0.15, 0.2) is 0 Å². The highest BCUT2D eigenvalue weighted by atomic mass is 16.5. The molecule has 0 spiro atoms. The molecule has 0 saturated heterocycles. The Bertz CT molecular complexity index is 584. The van der Waals surface area contributed by atoms with E-state index in [-0.39, 0.29) is 13.2 Å². The van der Waals surface area contributed by atoms with Crippen LogP contribution in [0, 0.1) is 0 Å². The van der Waals surface area contributed by atoms with Gasteiger partial charge in [-0.2, -0.15) is 0 Å². The molecule has 0 aromatic rings. The van der Waals surface area contributed by atoms with Crippen molar-refractivity contribution in [1.82, 2.24) is 0 Å². The summed E-state index contributed by atoms with van der Waals surface area (Å²) in [6.07, 6.45) is 9.35. The molecule has 0 amide bonds. The van der Waals surface area contributed by atoms with E-state index in [4.69, 9.17) is 0 Å². The van der Waals surface area contributed by atoms with Gasteiger partial charge in [0.05, 0.1) is 90.4 Å². The highest BCUT2D eigenvalue weighted by Crippen LogP contribution is 2.13. The van der Waals surface area contributed by atoms with E-state index < -0.39 is 36.7 Å². The van der Waals surface area contributed by atoms with Gasteiger partial charge in [0.25, 0.3) is 0 Å². The molecule has 0 unspecified atom stereocenters. The zero-order valence-corrected chi connectivity index (χ0v) is 30.3. The first-order valence-electron chi connectivity index (χ1n) is 17.2. The SMILES string of the molecule is CCC[N+](CCC)(CCC)CCC.CCC[N+](CCC)(CCC)CCC.CCOC(=O)CC(=O)[O-].CCOC(=O)CC(=O)[O-]. The lowest BCUT2D eigenvalue weighted by Gasteiger charge is -2.38. The molecule has 0 N–H and O–H groups in total. The van der Waals surface area contributed by atoms with Gasteiger partial charge in [0, 0.05) is 0 Å². The first-order valence-corrected chi connectivity index (χ1v) is 17.2. The molecule has 0 aliphatic heterocycles. The molecule has 0 saturated carbocycles. The number of aliphatic carboxylic acids is 2. The summed E-state index contributed by atoms with van der Waals surface area (Å²) in [5.41, 5.74) is 0. The Labute approximate surface area is 270 Å². The second-order valence-electron chi connectivity index (χ2n) is 11.2. The smallest absolute Gasteiger partial charge is 0.311 e. The number of carbonyl (C=O) groups excluding carboxylic acids is 4. The minimum atomic E-state index is -1.41. The van der Waals surface area contributed by atoms with Crippen LogP contribution in [0.25, 0.3) is 0 Å². The second kappa shape index (κ2) is 33.7. The number of nitrogens with zero attached hydrogens (tertiary/aromatic N) is 2. The van der Waals surface area contributed by atoms with Crippen LogP contribution in [0.2, 0.25) is 0 Å². The number of esters is 2. The first-order chi connectivity index (χ1) is 20.8. The van der Waals surface area contributed by atoms with Crippen molar-refractivity contribution in [2.45, 2.75) is 133 Å². The number of rotatable bonds is 22. The monoisotopic (exact) mass is 635 g/mol. The van der Waals surface area contributed by atoms with E-state index in [9.17, 15) is 29.4 Å². The molecular formula is C34H70N2O8. The third-order valence-electron chi connectivity index (χ3n) is 6.77. The third kappa shape index (κ3) is 31.2. The molecule has 44 heavy (non-hydrogen) atoms. The molecule has 10 heteroatoms. The molecule has 0 aliphatic rings. The number of hydrogen-bond acceptors (Lipinski definition) is 8. The van der Waals surface area contributed by atoms with E-state index in [1.165, 1.54) is 113 Å². The summed E-state index contributed by atoms with van der Waals surface area (Å²) in [5.74, 6) is -4.32. The highest BCUT2D eigenvalue weighted by molar-refractivity contribution is 5.89. The molecule has 0 rings (SSSR count). The number of carboxylic acids is 2. The van der Waals surface area contributed by atoms with E-state index in [0.717, 1.165) is 0 Å². The van der Waals surface area contributed by atoms with E-state index in [1.54, 1.807) is 13.8 Å². The topological polar surface area (TPSA) is 133 Å². The first kappa shape index (κ1) is 48.7. The Morgan fingerprint density at radius 3 is 0.705 bits per heavy atom. The standard InChI is InChI=1S/2C12H28N.2C5H8O4/c2*1-5-9-13(10-6-2,11-7-3)12-8-4;2*1-2-9-5(8)3-4(6)7/h2*5-12H2,1-4H3;2*2-3H2,1H3,(H,6,7)/q2*+1;;/p-2. The molecule has 0 aromatic heterocycles. The number of quaternary nitrogens is 2. The molecular weight excluding hydrogens is 564 g/mol. The maximum absolute atomic E-state index is 10.2. The Morgan fingerprint density at radius 2 is 0.591 bits per heavy atom. The van der Waals surface area contributed by atoms with Crippen molar-refractivity contribution < 1.29 is 47.8 Å². The minimum absolute atomic E-state index is 0.201. The molecule has 0 radical (unpaired) electrons. The lowest BCUT2D eigenvalue weighted by molar-refractivity contribution is -0.928. The summed E-state index contributed by atoms with van der Waals surface area (Å²) < 4.78 is 11.3. The van der Waals surface area contributed by atoms with Crippen molar-refractivity contribution in [3.8, 4) is 0 Å². The second-order valence-corrected chi connectivity index (χ2v) is 11.2. The zero-order valence-electron chi connectivity index (χ0n) is 30.3. The molecule has 0 heterocycles. The Morgan fingerprint density at radius 1 is 0.409 bits per heavy atom. The zero-order chi connectivity index (χ0) is 34.9. The van der Waals surface area contributed by atoms with E-state index in [0.29, 0.717) is 0 Å². The van der Waals surface area contributed by atoms with Crippen molar-refractivity contribution in [3.05, 3.63) is 0 Å². The molecule has 0 fully saturated rings. The molecule has 0 bridgehead atoms. The maximum atomic E-state index is 10.2.